The number of imide groups is 1. The summed E-state index contributed by atoms with van der Waals surface area (Å²) in [6.45, 7) is 5.04. The van der Waals surface area contributed by atoms with E-state index in [0.29, 0.717) is 47.0 Å². The van der Waals surface area contributed by atoms with E-state index >= 15 is 0 Å². The van der Waals surface area contributed by atoms with Crippen molar-refractivity contribution in [2.45, 2.75) is 83.8 Å². The number of fused-ring (bicyclic) bond motifs is 1. The van der Waals surface area contributed by atoms with Crippen LogP contribution in [-0.2, 0) is 54.8 Å². The van der Waals surface area contributed by atoms with Crippen molar-refractivity contribution in [2.75, 3.05) is 44.0 Å². The monoisotopic (exact) mass is 932 g/mol. The molecule has 3 aromatic carbocycles. The van der Waals surface area contributed by atoms with Crippen molar-refractivity contribution in [1.82, 2.24) is 31.1 Å². The Kier molecular flexibility index (Phi) is 18.2. The molecule has 2 heterocycles. The molecule has 5 rings (SSSR count). The molecule has 1 saturated heterocycles. The number of likely N-dealkylation sites (N-methyl/N-ethyl adjacent to an activating group) is 1. The number of piperidine rings is 1. The summed E-state index contributed by atoms with van der Waals surface area (Å²) < 4.78 is 11.2. The van der Waals surface area contributed by atoms with Crippen molar-refractivity contribution in [1.29, 1.82) is 0 Å². The number of hydrogen-bond donors (Lipinski definition) is 8. The molecule has 0 aromatic heterocycles. The molecule has 20 nitrogen and oxygen atoms in total. The van der Waals surface area contributed by atoms with Gasteiger partial charge in [0.2, 0.25) is 23.6 Å². The van der Waals surface area contributed by atoms with Crippen LogP contribution in [0.25, 0.3) is 0 Å². The zero-order valence-corrected chi connectivity index (χ0v) is 37.8. The van der Waals surface area contributed by atoms with E-state index in [1.165, 1.54) is 9.80 Å². The Morgan fingerprint density at radius 2 is 1.65 bits per heavy atom. The van der Waals surface area contributed by atoms with E-state index in [2.05, 4.69) is 31.9 Å². The number of halogens is 1. The molecule has 21 heteroatoms. The molecule has 10 N–H and O–H groups in total. The normalized spacial score (nSPS) is 15.3. The number of amides is 10. The molecule has 0 spiro atoms. The van der Waals surface area contributed by atoms with Gasteiger partial charge in [-0.1, -0.05) is 55.8 Å². The summed E-state index contributed by atoms with van der Waals surface area (Å²) in [4.78, 5) is 102. The maximum Gasteiger partial charge on any atom is 0.409 e. The number of primary amides is 1. The van der Waals surface area contributed by atoms with E-state index in [9.17, 15) is 38.4 Å². The molecule has 1 fully saturated rings. The number of urea groups is 2. The van der Waals surface area contributed by atoms with Gasteiger partial charge in [0.05, 0.1) is 19.3 Å². The minimum atomic E-state index is -0.912. The highest BCUT2D eigenvalue weighted by molar-refractivity contribution is 6.31. The van der Waals surface area contributed by atoms with E-state index in [0.717, 1.165) is 16.7 Å². The standard InChI is InChI=1S/C45H57ClN10O10/c1-26(2)38(47)41(60)53-35(5-4-17-49-43(48)62)39(58)51-31-10-6-27(7-11-31)25-66-45(64)55(3)18-20-65-19-16-29-9-12-32(22-34(29)46)52-44(63)50-23-28-8-13-33-30(21-28)24-56(42(33)61)36-14-15-37(57)54-40(36)59/h6-13,21-22,26,35-36,38H,4-5,14-20,23-25,47H2,1-3H3,(H,51,58)(H,53,60)(H3,48,49,62)(H2,50,52,63)(H,54,57,59)/t35-,36?,38-/m0/s1. The summed E-state index contributed by atoms with van der Waals surface area (Å²) in [6, 6.07) is 13.5. The lowest BCUT2D eigenvalue weighted by Gasteiger charge is -2.29. The number of rotatable bonds is 21. The van der Waals surface area contributed by atoms with Crippen LogP contribution in [0, 0.1) is 5.92 Å². The summed E-state index contributed by atoms with van der Waals surface area (Å²) in [5.74, 6) is -2.17. The maximum atomic E-state index is 13.1. The molecule has 0 bridgehead atoms. The zero-order valence-electron chi connectivity index (χ0n) is 37.1. The third-order valence-electron chi connectivity index (χ3n) is 11.0. The van der Waals surface area contributed by atoms with Gasteiger partial charge >= 0.3 is 18.2 Å². The van der Waals surface area contributed by atoms with Gasteiger partial charge in [-0.15, -0.1) is 0 Å². The number of ether oxygens (including phenoxy) is 2. The Hall–Kier alpha value is -6.77. The number of hydrogen-bond acceptors (Lipinski definition) is 11. The van der Waals surface area contributed by atoms with Crippen LogP contribution in [0.15, 0.2) is 60.7 Å². The van der Waals surface area contributed by atoms with Crippen molar-refractivity contribution in [3.8, 4) is 0 Å². The van der Waals surface area contributed by atoms with Crippen molar-refractivity contribution in [3.63, 3.8) is 0 Å². The molecular weight excluding hydrogens is 876 g/mol. The quantitative estimate of drug-likeness (QED) is 0.0568. The van der Waals surface area contributed by atoms with Crippen LogP contribution in [0.2, 0.25) is 5.02 Å². The summed E-state index contributed by atoms with van der Waals surface area (Å²) in [6.07, 6.45) is 0.975. The lowest BCUT2D eigenvalue weighted by Crippen LogP contribution is -2.52. The van der Waals surface area contributed by atoms with Crippen molar-refractivity contribution >= 4 is 70.7 Å². The number of nitrogens with zero attached hydrogens (tertiary/aromatic N) is 2. The fourth-order valence-corrected chi connectivity index (χ4v) is 7.30. The van der Waals surface area contributed by atoms with Gasteiger partial charge in [0, 0.05) is 61.6 Å². The Bertz CT molecular complexity index is 2280. The molecule has 66 heavy (non-hydrogen) atoms. The summed E-state index contributed by atoms with van der Waals surface area (Å²) in [5, 5.41) is 16.2. The van der Waals surface area contributed by atoms with Gasteiger partial charge in [0.15, 0.2) is 0 Å². The summed E-state index contributed by atoms with van der Waals surface area (Å²) in [5.41, 5.74) is 15.5. The van der Waals surface area contributed by atoms with E-state index in [4.69, 9.17) is 32.5 Å². The molecular formula is C45H57ClN10O10. The molecule has 0 aliphatic carbocycles. The Balaban J connectivity index is 0.971. The molecule has 1 unspecified atom stereocenters. The van der Waals surface area contributed by atoms with Crippen molar-refractivity contribution in [3.05, 3.63) is 93.5 Å². The number of carbonyl (C=O) groups excluding carboxylic acids is 8. The van der Waals surface area contributed by atoms with E-state index in [-0.39, 0.29) is 76.4 Å². The van der Waals surface area contributed by atoms with Crippen LogP contribution in [0.1, 0.15) is 72.1 Å². The minimum Gasteiger partial charge on any atom is -0.445 e. The van der Waals surface area contributed by atoms with Gasteiger partial charge < -0.3 is 57.3 Å². The first-order valence-corrected chi connectivity index (χ1v) is 21.9. The van der Waals surface area contributed by atoms with E-state index < -0.39 is 54.0 Å². The van der Waals surface area contributed by atoms with Crippen LogP contribution in [0.4, 0.5) is 25.8 Å². The molecule has 3 aromatic rings. The number of benzene rings is 3. The van der Waals surface area contributed by atoms with Crippen LogP contribution in [-0.4, -0.2) is 109 Å². The van der Waals surface area contributed by atoms with E-state index in [1.807, 2.05) is 6.07 Å². The second kappa shape index (κ2) is 24.0. The number of anilines is 2. The van der Waals surface area contributed by atoms with Crippen LogP contribution >= 0.6 is 11.6 Å². The SMILES string of the molecule is CC(C)[C@H](N)C(=O)N[C@@H](CCCNC(N)=O)C(=O)Nc1ccc(COC(=O)N(C)CCOCCc2ccc(NC(=O)NCc3ccc4c(c3)CN(C3CCC(=O)NC3=O)C4=O)cc2Cl)cc1. The highest BCUT2D eigenvalue weighted by Crippen LogP contribution is 2.28. The average molecular weight is 933 g/mol. The predicted molar refractivity (Wildman–Crippen MR) is 244 cm³/mol. The second-order valence-electron chi connectivity index (χ2n) is 16.3. The fraction of sp³-hybridized carbons (Fsp3) is 0.422. The van der Waals surface area contributed by atoms with Crippen LogP contribution in [0.3, 0.4) is 0 Å². The molecule has 2 aliphatic rings. The highest BCUT2D eigenvalue weighted by atomic mass is 35.5. The van der Waals surface area contributed by atoms with E-state index in [1.54, 1.807) is 75.5 Å². The van der Waals surface area contributed by atoms with Gasteiger partial charge in [-0.3, -0.25) is 29.3 Å². The third kappa shape index (κ3) is 14.6. The fourth-order valence-electron chi connectivity index (χ4n) is 7.03. The zero-order chi connectivity index (χ0) is 47.9. The number of nitrogens with two attached hydrogens (primary N) is 2. The Morgan fingerprint density at radius 3 is 2.35 bits per heavy atom. The Labute approximate surface area is 387 Å². The lowest BCUT2D eigenvalue weighted by atomic mass is 10.0. The largest absolute Gasteiger partial charge is 0.445 e. The van der Waals surface area contributed by atoms with Gasteiger partial charge in [-0.05, 0) is 84.2 Å². The van der Waals surface area contributed by atoms with Crippen LogP contribution < -0.4 is 43.4 Å². The maximum absolute atomic E-state index is 13.1. The third-order valence-corrected chi connectivity index (χ3v) is 11.3. The molecule has 0 saturated carbocycles. The first-order valence-electron chi connectivity index (χ1n) is 21.5. The topological polar surface area (TPSA) is 286 Å². The predicted octanol–water partition coefficient (Wildman–Crippen LogP) is 3.11. The Morgan fingerprint density at radius 1 is 0.924 bits per heavy atom. The molecule has 3 atom stereocenters. The second-order valence-corrected chi connectivity index (χ2v) is 16.7. The first kappa shape index (κ1) is 50.2. The van der Waals surface area contributed by atoms with Crippen LogP contribution in [0.5, 0.6) is 0 Å². The lowest BCUT2D eigenvalue weighted by molar-refractivity contribution is -0.137. The number of nitrogens with one attached hydrogen (secondary N) is 6. The summed E-state index contributed by atoms with van der Waals surface area (Å²) in [7, 11) is 1.59. The molecule has 0 radical (unpaired) electrons. The molecule has 2 aliphatic heterocycles. The van der Waals surface area contributed by atoms with Crippen molar-refractivity contribution in [2.24, 2.45) is 17.4 Å². The number of carbonyl (C=O) groups is 8. The average Bonchev–Trinajstić information content (AvgIpc) is 3.60. The highest BCUT2D eigenvalue weighted by Gasteiger charge is 2.39. The summed E-state index contributed by atoms with van der Waals surface area (Å²) >= 11 is 6.51. The minimum absolute atomic E-state index is 0.0195. The molecule has 10 amide bonds. The van der Waals surface area contributed by atoms with Gasteiger partial charge in [0.25, 0.3) is 5.91 Å². The van der Waals surface area contributed by atoms with Gasteiger partial charge in [-0.25, -0.2) is 14.4 Å². The van der Waals surface area contributed by atoms with Crippen molar-refractivity contribution < 1.29 is 47.8 Å². The van der Waals surface area contributed by atoms with Gasteiger partial charge in [-0.2, -0.15) is 0 Å². The first-order chi connectivity index (χ1) is 31.5. The van der Waals surface area contributed by atoms with Gasteiger partial charge in [0.1, 0.15) is 18.7 Å². The smallest absolute Gasteiger partial charge is 0.409 e. The molecule has 354 valence electrons.